The van der Waals surface area contributed by atoms with E-state index in [1.165, 1.54) is 0 Å². The molecule has 0 unspecified atom stereocenters. The molecule has 0 heterocycles. The van der Waals surface area contributed by atoms with E-state index in [4.69, 9.17) is 28.5 Å². The minimum atomic E-state index is 0.333. The van der Waals surface area contributed by atoms with Gasteiger partial charge in [0, 0.05) is 0 Å². The van der Waals surface area contributed by atoms with Gasteiger partial charge in [-0.25, -0.2) is 0 Å². The summed E-state index contributed by atoms with van der Waals surface area (Å²) in [4.78, 5) is 0. The van der Waals surface area contributed by atoms with Gasteiger partial charge in [0.05, 0.1) is 15.6 Å². The van der Waals surface area contributed by atoms with Gasteiger partial charge in [0.1, 0.15) is 6.07 Å². The Balaban J connectivity index is 3.30. The van der Waals surface area contributed by atoms with Crippen LogP contribution in [-0.4, -0.2) is 0 Å². The monoisotopic (exact) mass is 225 g/mol. The Hall–Kier alpha value is -0.970. The molecule has 0 saturated carbocycles. The van der Waals surface area contributed by atoms with Crippen LogP contribution in [0.2, 0.25) is 10.0 Å². The Labute approximate surface area is 93.6 Å². The molecule has 0 aliphatic heterocycles. The predicted molar refractivity (Wildman–Crippen MR) is 60.5 cm³/mol. The van der Waals surface area contributed by atoms with E-state index >= 15 is 0 Å². The second-order valence-electron chi connectivity index (χ2n) is 3.19. The lowest BCUT2D eigenvalue weighted by Crippen LogP contribution is -1.82. The van der Waals surface area contributed by atoms with Crippen molar-refractivity contribution in [1.29, 1.82) is 5.26 Å². The molecule has 0 fully saturated rings. The van der Waals surface area contributed by atoms with Gasteiger partial charge >= 0.3 is 0 Å². The van der Waals surface area contributed by atoms with Gasteiger partial charge in [0.15, 0.2) is 0 Å². The highest BCUT2D eigenvalue weighted by Crippen LogP contribution is 2.26. The summed E-state index contributed by atoms with van der Waals surface area (Å²) in [6.45, 7) is 3.97. The second kappa shape index (κ2) is 4.50. The third kappa shape index (κ3) is 2.51. The second-order valence-corrected chi connectivity index (χ2v) is 4.01. The van der Waals surface area contributed by atoms with Gasteiger partial charge in [-0.3, -0.25) is 0 Å². The summed E-state index contributed by atoms with van der Waals surface area (Å²) in [6.07, 6.45) is 1.96. The van der Waals surface area contributed by atoms with E-state index in [2.05, 4.69) is 0 Å². The highest BCUT2D eigenvalue weighted by Gasteiger charge is 2.05. The number of hydrogen-bond donors (Lipinski definition) is 0. The Morgan fingerprint density at radius 1 is 1.29 bits per heavy atom. The minimum Gasteiger partial charge on any atom is -0.192 e. The van der Waals surface area contributed by atoms with Crippen molar-refractivity contribution in [3.63, 3.8) is 0 Å². The van der Waals surface area contributed by atoms with E-state index in [1.54, 1.807) is 12.1 Å². The van der Waals surface area contributed by atoms with Crippen molar-refractivity contribution in [2.24, 2.45) is 0 Å². The summed E-state index contributed by atoms with van der Waals surface area (Å²) < 4.78 is 0. The quantitative estimate of drug-likeness (QED) is 0.700. The first-order valence-electron chi connectivity index (χ1n) is 4.08. The van der Waals surface area contributed by atoms with Gasteiger partial charge < -0.3 is 0 Å². The summed E-state index contributed by atoms with van der Waals surface area (Å²) in [6, 6.07) is 5.43. The fraction of sp³-hybridized carbons (Fsp3) is 0.182. The van der Waals surface area contributed by atoms with Crippen molar-refractivity contribution >= 4 is 29.3 Å². The third-order valence-corrected chi connectivity index (χ3v) is 2.23. The zero-order valence-corrected chi connectivity index (χ0v) is 9.45. The topological polar surface area (TPSA) is 23.8 Å². The molecule has 72 valence electrons. The maximum absolute atomic E-state index is 8.74. The van der Waals surface area contributed by atoms with Gasteiger partial charge in [-0.1, -0.05) is 34.9 Å². The molecule has 0 N–H and O–H groups in total. The first kappa shape index (κ1) is 11.1. The number of rotatable bonds is 1. The van der Waals surface area contributed by atoms with E-state index in [0.717, 1.165) is 11.1 Å². The van der Waals surface area contributed by atoms with Crippen molar-refractivity contribution in [2.75, 3.05) is 0 Å². The van der Waals surface area contributed by atoms with Crippen LogP contribution in [0.4, 0.5) is 0 Å². The van der Waals surface area contributed by atoms with Crippen LogP contribution in [-0.2, 0) is 0 Å². The van der Waals surface area contributed by atoms with E-state index in [9.17, 15) is 0 Å². The zero-order valence-electron chi connectivity index (χ0n) is 7.94. The molecule has 0 radical (unpaired) electrons. The molecule has 0 amide bonds. The lowest BCUT2D eigenvalue weighted by Gasteiger charge is -2.01. The summed E-state index contributed by atoms with van der Waals surface area (Å²) >= 11 is 11.8. The van der Waals surface area contributed by atoms with Crippen LogP contribution < -0.4 is 0 Å². The first-order chi connectivity index (χ1) is 6.54. The zero-order chi connectivity index (χ0) is 10.7. The maximum Gasteiger partial charge on any atom is 0.102 e. The molecule has 0 spiro atoms. The van der Waals surface area contributed by atoms with Crippen LogP contribution >= 0.6 is 23.2 Å². The molecule has 0 aromatic heterocycles. The highest BCUT2D eigenvalue weighted by molar-refractivity contribution is 6.36. The lowest BCUT2D eigenvalue weighted by atomic mass is 10.1. The Morgan fingerprint density at radius 2 is 1.79 bits per heavy atom. The fourth-order valence-corrected chi connectivity index (χ4v) is 1.70. The number of nitrogens with zero attached hydrogens (tertiary/aromatic N) is 1. The summed E-state index contributed by atoms with van der Waals surface area (Å²) in [5.74, 6) is 0. The number of nitriles is 1. The molecule has 0 atom stereocenters. The van der Waals surface area contributed by atoms with Crippen molar-refractivity contribution in [2.45, 2.75) is 13.8 Å². The summed E-state index contributed by atoms with van der Waals surface area (Å²) in [5, 5.41) is 9.53. The van der Waals surface area contributed by atoms with Crippen LogP contribution in [0, 0.1) is 11.3 Å². The van der Waals surface area contributed by atoms with E-state index in [0.29, 0.717) is 15.6 Å². The average molecular weight is 226 g/mol. The molecule has 0 aliphatic rings. The van der Waals surface area contributed by atoms with Crippen molar-refractivity contribution in [3.8, 4) is 6.07 Å². The molecule has 1 aromatic carbocycles. The van der Waals surface area contributed by atoms with Crippen LogP contribution in [0.25, 0.3) is 6.08 Å². The Bertz CT molecular complexity index is 400. The molecule has 1 rings (SSSR count). The summed E-state index contributed by atoms with van der Waals surface area (Å²) in [7, 11) is 0. The van der Waals surface area contributed by atoms with Crippen LogP contribution in [0.3, 0.4) is 0 Å². The first-order valence-corrected chi connectivity index (χ1v) is 4.84. The van der Waals surface area contributed by atoms with Gasteiger partial charge in [-0.05, 0) is 31.5 Å². The number of halogens is 2. The predicted octanol–water partition coefficient (Wildman–Crippen LogP) is 4.29. The maximum atomic E-state index is 8.74. The highest BCUT2D eigenvalue weighted by atomic mass is 35.5. The van der Waals surface area contributed by atoms with Crippen LogP contribution in [0.1, 0.15) is 25.0 Å². The molecule has 1 nitrogen and oxygen atoms in total. The van der Waals surface area contributed by atoms with Crippen LogP contribution in [0.15, 0.2) is 17.7 Å². The van der Waals surface area contributed by atoms with E-state index in [1.807, 2.05) is 26.0 Å². The Kier molecular flexibility index (Phi) is 3.57. The molecule has 3 heteroatoms. The standard InChI is InChI=1S/C11H9Cl2N/c1-7(2)3-8-4-10(12)9(6-14)11(13)5-8/h3-5H,1-2H3. The van der Waals surface area contributed by atoms with Gasteiger partial charge in [-0.15, -0.1) is 0 Å². The van der Waals surface area contributed by atoms with Gasteiger partial charge in [-0.2, -0.15) is 5.26 Å². The molecule has 0 aliphatic carbocycles. The van der Waals surface area contributed by atoms with Crippen molar-refractivity contribution in [3.05, 3.63) is 38.9 Å². The van der Waals surface area contributed by atoms with Crippen molar-refractivity contribution < 1.29 is 0 Å². The van der Waals surface area contributed by atoms with Gasteiger partial charge in [0.25, 0.3) is 0 Å². The molecule has 0 bridgehead atoms. The molecular formula is C11H9Cl2N. The van der Waals surface area contributed by atoms with E-state index < -0.39 is 0 Å². The lowest BCUT2D eigenvalue weighted by molar-refractivity contribution is 1.42. The van der Waals surface area contributed by atoms with E-state index in [-0.39, 0.29) is 0 Å². The normalized spacial score (nSPS) is 9.36. The fourth-order valence-electron chi connectivity index (χ4n) is 1.12. The number of benzene rings is 1. The molecule has 14 heavy (non-hydrogen) atoms. The molecule has 0 saturated heterocycles. The largest absolute Gasteiger partial charge is 0.192 e. The molecule has 1 aromatic rings. The molecular weight excluding hydrogens is 217 g/mol. The SMILES string of the molecule is CC(C)=Cc1cc(Cl)c(C#N)c(Cl)c1. The average Bonchev–Trinajstić information content (AvgIpc) is 2.01. The van der Waals surface area contributed by atoms with Crippen LogP contribution in [0.5, 0.6) is 0 Å². The van der Waals surface area contributed by atoms with Gasteiger partial charge in [0.2, 0.25) is 0 Å². The smallest absolute Gasteiger partial charge is 0.102 e. The summed E-state index contributed by atoms with van der Waals surface area (Å²) in [5.41, 5.74) is 2.40. The minimum absolute atomic E-state index is 0.333. The number of allylic oxidation sites excluding steroid dienone is 1. The van der Waals surface area contributed by atoms with Crippen molar-refractivity contribution in [1.82, 2.24) is 0 Å². The Morgan fingerprint density at radius 3 is 2.14 bits per heavy atom. The number of hydrogen-bond acceptors (Lipinski definition) is 1. The third-order valence-electron chi connectivity index (χ3n) is 1.63.